The lowest BCUT2D eigenvalue weighted by Crippen LogP contribution is -2.20. The smallest absolute Gasteiger partial charge is 0.139 e. The zero-order valence-corrected chi connectivity index (χ0v) is 16.2. The largest absolute Gasteiger partial charge is 0.497 e. The van der Waals surface area contributed by atoms with Crippen molar-refractivity contribution in [2.75, 3.05) is 19.0 Å². The molecule has 7 heteroatoms. The molecule has 2 aromatic heterocycles. The van der Waals surface area contributed by atoms with Crippen molar-refractivity contribution in [2.45, 2.75) is 19.4 Å². The van der Waals surface area contributed by atoms with Gasteiger partial charge in [0.05, 0.1) is 24.1 Å². The number of benzene rings is 1. The maximum absolute atomic E-state index is 6.29. The Hall–Kier alpha value is -2.05. The van der Waals surface area contributed by atoms with E-state index in [1.165, 1.54) is 11.3 Å². The van der Waals surface area contributed by atoms with Gasteiger partial charge in [-0.25, -0.2) is 9.97 Å². The molecule has 26 heavy (non-hydrogen) atoms. The summed E-state index contributed by atoms with van der Waals surface area (Å²) >= 11 is 7.82. The van der Waals surface area contributed by atoms with E-state index >= 15 is 0 Å². The first-order chi connectivity index (χ1) is 12.7. The van der Waals surface area contributed by atoms with E-state index in [1.807, 2.05) is 29.6 Å². The van der Waals surface area contributed by atoms with Crippen molar-refractivity contribution in [3.05, 3.63) is 41.0 Å². The molecule has 3 atom stereocenters. The van der Waals surface area contributed by atoms with Gasteiger partial charge in [0.15, 0.2) is 0 Å². The van der Waals surface area contributed by atoms with Crippen molar-refractivity contribution in [3.63, 3.8) is 0 Å². The SMILES string of the molecule is COc1ccc(OCC2CC2C(C)Nc2ncnc3scc(Cl)c23)cc1. The lowest BCUT2D eigenvalue weighted by molar-refractivity contribution is 0.289. The molecule has 1 saturated carbocycles. The van der Waals surface area contributed by atoms with Crippen molar-refractivity contribution in [1.29, 1.82) is 0 Å². The number of halogens is 1. The van der Waals surface area contributed by atoms with Crippen LogP contribution in [0.5, 0.6) is 11.5 Å². The number of ether oxygens (including phenoxy) is 2. The van der Waals surface area contributed by atoms with Crippen LogP contribution in [0.15, 0.2) is 36.0 Å². The minimum Gasteiger partial charge on any atom is -0.497 e. The minimum atomic E-state index is 0.300. The summed E-state index contributed by atoms with van der Waals surface area (Å²) < 4.78 is 11.1. The van der Waals surface area contributed by atoms with Crippen LogP contribution in [0.1, 0.15) is 13.3 Å². The summed E-state index contributed by atoms with van der Waals surface area (Å²) in [6, 6.07) is 8.00. The molecule has 0 amide bonds. The number of rotatable bonds is 7. The molecule has 0 radical (unpaired) electrons. The predicted molar refractivity (Wildman–Crippen MR) is 106 cm³/mol. The Balaban J connectivity index is 1.33. The van der Waals surface area contributed by atoms with Gasteiger partial charge in [0.25, 0.3) is 0 Å². The van der Waals surface area contributed by atoms with Crippen molar-refractivity contribution in [2.24, 2.45) is 11.8 Å². The van der Waals surface area contributed by atoms with E-state index in [2.05, 4.69) is 22.2 Å². The third kappa shape index (κ3) is 3.57. The second-order valence-electron chi connectivity index (χ2n) is 6.57. The first-order valence-electron chi connectivity index (χ1n) is 8.57. The standard InChI is InChI=1S/C19H20ClN3O2S/c1-11(23-18-17-16(20)9-26-19(17)22-10-21-18)15-7-12(15)8-25-14-5-3-13(24-2)4-6-14/h3-6,9-12,15H,7-8H2,1-2H3,(H,21,22,23). The van der Waals surface area contributed by atoms with E-state index in [4.69, 9.17) is 21.1 Å². The number of nitrogens with zero attached hydrogens (tertiary/aromatic N) is 2. The molecule has 1 fully saturated rings. The van der Waals surface area contributed by atoms with E-state index in [-0.39, 0.29) is 0 Å². The molecule has 1 aromatic carbocycles. The third-order valence-electron chi connectivity index (χ3n) is 4.83. The molecular weight excluding hydrogens is 370 g/mol. The molecule has 3 aromatic rings. The first-order valence-corrected chi connectivity index (χ1v) is 9.82. The lowest BCUT2D eigenvalue weighted by atomic mass is 10.1. The number of fused-ring (bicyclic) bond motifs is 1. The van der Waals surface area contributed by atoms with Gasteiger partial charge in [0.2, 0.25) is 0 Å². The Morgan fingerprint density at radius 1 is 1.27 bits per heavy atom. The van der Waals surface area contributed by atoms with Gasteiger partial charge in [-0.1, -0.05) is 11.6 Å². The van der Waals surface area contributed by atoms with Crippen LogP contribution < -0.4 is 14.8 Å². The fourth-order valence-corrected chi connectivity index (χ4v) is 4.36. The van der Waals surface area contributed by atoms with Gasteiger partial charge in [-0.15, -0.1) is 11.3 Å². The van der Waals surface area contributed by atoms with E-state index in [0.29, 0.717) is 22.9 Å². The second kappa shape index (κ2) is 7.29. The molecule has 1 N–H and O–H groups in total. The molecule has 5 nitrogen and oxygen atoms in total. The highest BCUT2D eigenvalue weighted by atomic mass is 35.5. The number of hydrogen-bond acceptors (Lipinski definition) is 6. The van der Waals surface area contributed by atoms with Crippen molar-refractivity contribution >= 4 is 39.0 Å². The van der Waals surface area contributed by atoms with Gasteiger partial charge in [0, 0.05) is 11.4 Å². The van der Waals surface area contributed by atoms with Gasteiger partial charge >= 0.3 is 0 Å². The number of methoxy groups -OCH3 is 1. The highest BCUT2D eigenvalue weighted by Gasteiger charge is 2.41. The Kier molecular flexibility index (Phi) is 4.87. The molecule has 0 saturated heterocycles. The fraction of sp³-hybridized carbons (Fsp3) is 0.368. The van der Waals surface area contributed by atoms with Gasteiger partial charge in [-0.05, 0) is 49.4 Å². The molecule has 1 aliphatic rings. The van der Waals surface area contributed by atoms with Crippen LogP contribution in [0.2, 0.25) is 5.02 Å². The summed E-state index contributed by atoms with van der Waals surface area (Å²) in [6.07, 6.45) is 2.73. The number of nitrogens with one attached hydrogen (secondary N) is 1. The average molecular weight is 390 g/mol. The molecule has 1 aliphatic carbocycles. The van der Waals surface area contributed by atoms with Gasteiger partial charge in [0.1, 0.15) is 28.5 Å². The Bertz CT molecular complexity index is 899. The molecule has 0 bridgehead atoms. The average Bonchev–Trinajstić information content (AvgIpc) is 3.35. The van der Waals surface area contributed by atoms with Gasteiger partial charge in [-0.3, -0.25) is 0 Å². The number of thiophene rings is 1. The summed E-state index contributed by atoms with van der Waals surface area (Å²) in [5, 5.41) is 7.04. The maximum atomic E-state index is 6.29. The summed E-state index contributed by atoms with van der Waals surface area (Å²) in [7, 11) is 1.66. The third-order valence-corrected chi connectivity index (χ3v) is 6.15. The number of anilines is 1. The van der Waals surface area contributed by atoms with E-state index in [1.54, 1.807) is 13.4 Å². The molecule has 2 heterocycles. The van der Waals surface area contributed by atoms with E-state index < -0.39 is 0 Å². The Labute approximate surface area is 161 Å². The maximum Gasteiger partial charge on any atom is 0.139 e. The molecular formula is C19H20ClN3O2S. The monoisotopic (exact) mass is 389 g/mol. The Morgan fingerprint density at radius 3 is 2.81 bits per heavy atom. The lowest BCUT2D eigenvalue weighted by Gasteiger charge is -2.15. The van der Waals surface area contributed by atoms with Crippen LogP contribution in [0.4, 0.5) is 5.82 Å². The molecule has 3 unspecified atom stereocenters. The summed E-state index contributed by atoms with van der Waals surface area (Å²) in [5.41, 5.74) is 0. The summed E-state index contributed by atoms with van der Waals surface area (Å²) in [5.74, 6) is 3.64. The zero-order chi connectivity index (χ0) is 18.1. The van der Waals surface area contributed by atoms with E-state index in [0.717, 1.165) is 40.6 Å². The molecule has 4 rings (SSSR count). The molecule has 136 valence electrons. The van der Waals surface area contributed by atoms with Gasteiger partial charge in [-0.2, -0.15) is 0 Å². The normalized spacial score (nSPS) is 20.0. The van der Waals surface area contributed by atoms with Crippen LogP contribution in [-0.4, -0.2) is 29.7 Å². The second-order valence-corrected chi connectivity index (χ2v) is 7.83. The molecule has 0 spiro atoms. The van der Waals surface area contributed by atoms with Gasteiger partial charge < -0.3 is 14.8 Å². The van der Waals surface area contributed by atoms with Crippen LogP contribution in [0.25, 0.3) is 10.2 Å². The van der Waals surface area contributed by atoms with Crippen LogP contribution in [0, 0.1) is 11.8 Å². The zero-order valence-electron chi connectivity index (χ0n) is 14.6. The van der Waals surface area contributed by atoms with Crippen molar-refractivity contribution < 1.29 is 9.47 Å². The van der Waals surface area contributed by atoms with Crippen molar-refractivity contribution in [3.8, 4) is 11.5 Å². The topological polar surface area (TPSA) is 56.3 Å². The van der Waals surface area contributed by atoms with E-state index in [9.17, 15) is 0 Å². The predicted octanol–water partition coefficient (Wildman–Crippen LogP) is 4.87. The number of hydrogen-bond donors (Lipinski definition) is 1. The van der Waals surface area contributed by atoms with Crippen LogP contribution in [-0.2, 0) is 0 Å². The Morgan fingerprint density at radius 2 is 2.04 bits per heavy atom. The van der Waals surface area contributed by atoms with Crippen LogP contribution in [0.3, 0.4) is 0 Å². The highest BCUT2D eigenvalue weighted by Crippen LogP contribution is 2.43. The quantitative estimate of drug-likeness (QED) is 0.624. The first kappa shape index (κ1) is 17.4. The van der Waals surface area contributed by atoms with Crippen LogP contribution >= 0.6 is 22.9 Å². The highest BCUT2D eigenvalue weighted by molar-refractivity contribution is 7.17. The number of aromatic nitrogens is 2. The van der Waals surface area contributed by atoms with Crippen molar-refractivity contribution in [1.82, 2.24) is 9.97 Å². The fourth-order valence-electron chi connectivity index (χ4n) is 3.22. The molecule has 0 aliphatic heterocycles. The minimum absolute atomic E-state index is 0.300. The summed E-state index contributed by atoms with van der Waals surface area (Å²) in [6.45, 7) is 2.91. The summed E-state index contributed by atoms with van der Waals surface area (Å²) in [4.78, 5) is 9.57.